The molecule has 0 amide bonds. The Bertz CT molecular complexity index is 1780. The highest BCUT2D eigenvalue weighted by Crippen LogP contribution is 2.30. The van der Waals surface area contributed by atoms with Gasteiger partial charge in [-0.3, -0.25) is 4.98 Å². The summed E-state index contributed by atoms with van der Waals surface area (Å²) in [5.74, 6) is 3.38. The van der Waals surface area contributed by atoms with Crippen molar-refractivity contribution in [2.75, 3.05) is 17.2 Å². The van der Waals surface area contributed by atoms with Gasteiger partial charge < -0.3 is 10.6 Å². The van der Waals surface area contributed by atoms with Crippen molar-refractivity contribution >= 4 is 33.4 Å². The Morgan fingerprint density at radius 2 is 1.24 bits per heavy atom. The summed E-state index contributed by atoms with van der Waals surface area (Å²) in [6, 6.07) is 29.1. The molecule has 3 aromatic carbocycles. The Kier molecular flexibility index (Phi) is 8.26. The summed E-state index contributed by atoms with van der Waals surface area (Å²) in [6.07, 6.45) is 8.29. The van der Waals surface area contributed by atoms with Crippen LogP contribution in [0.5, 0.6) is 0 Å². The van der Waals surface area contributed by atoms with E-state index in [1.54, 1.807) is 12.4 Å². The number of para-hydroxylation sites is 2. The highest BCUT2D eigenvalue weighted by Gasteiger charge is 2.22. The van der Waals surface area contributed by atoms with E-state index in [1.165, 1.54) is 24.8 Å². The van der Waals surface area contributed by atoms with Crippen molar-refractivity contribution in [2.45, 2.75) is 45.6 Å². The predicted octanol–water partition coefficient (Wildman–Crippen LogP) is 8.08. The van der Waals surface area contributed by atoms with Crippen molar-refractivity contribution in [1.29, 1.82) is 0 Å². The zero-order valence-corrected chi connectivity index (χ0v) is 24.1. The molecule has 42 heavy (non-hydrogen) atoms. The summed E-state index contributed by atoms with van der Waals surface area (Å²) < 4.78 is 0. The average Bonchev–Trinajstić information content (AvgIpc) is 3.86. The lowest BCUT2D eigenvalue weighted by molar-refractivity contribution is 0.832. The number of benzene rings is 3. The van der Waals surface area contributed by atoms with Crippen molar-refractivity contribution in [3.63, 3.8) is 0 Å². The quantitative estimate of drug-likeness (QED) is 0.184. The van der Waals surface area contributed by atoms with Gasteiger partial charge >= 0.3 is 0 Å². The van der Waals surface area contributed by atoms with Gasteiger partial charge in [-0.05, 0) is 62.6 Å². The predicted molar refractivity (Wildman–Crippen MR) is 173 cm³/mol. The lowest BCUT2D eigenvalue weighted by atomic mass is 10.1. The van der Waals surface area contributed by atoms with Crippen LogP contribution >= 0.6 is 0 Å². The normalized spacial score (nSPS) is 12.5. The van der Waals surface area contributed by atoms with Crippen LogP contribution in [-0.2, 0) is 0 Å². The summed E-state index contributed by atoms with van der Waals surface area (Å²) in [5.41, 5.74) is 5.23. The molecule has 2 N–H and O–H groups in total. The zero-order chi connectivity index (χ0) is 28.7. The van der Waals surface area contributed by atoms with Crippen LogP contribution in [0.2, 0.25) is 0 Å². The van der Waals surface area contributed by atoms with Crippen LogP contribution < -0.4 is 10.6 Å². The van der Waals surface area contributed by atoms with Crippen molar-refractivity contribution in [1.82, 2.24) is 24.9 Å². The van der Waals surface area contributed by atoms with E-state index in [0.717, 1.165) is 69.2 Å². The molecule has 210 valence electrons. The van der Waals surface area contributed by atoms with E-state index in [-0.39, 0.29) is 0 Å². The van der Waals surface area contributed by atoms with E-state index < -0.39 is 0 Å². The van der Waals surface area contributed by atoms with Gasteiger partial charge in [0.1, 0.15) is 11.6 Å². The van der Waals surface area contributed by atoms with Gasteiger partial charge in [0.25, 0.3) is 0 Å². The number of nitrogens with zero attached hydrogens (tertiary/aromatic N) is 5. The van der Waals surface area contributed by atoms with Gasteiger partial charge in [0.05, 0.1) is 11.0 Å². The maximum absolute atomic E-state index is 4.75. The van der Waals surface area contributed by atoms with Crippen molar-refractivity contribution in [2.24, 2.45) is 0 Å². The summed E-state index contributed by atoms with van der Waals surface area (Å²) in [7, 11) is 0. The maximum Gasteiger partial charge on any atom is 0.162 e. The van der Waals surface area contributed by atoms with Crippen LogP contribution in [0.25, 0.3) is 44.6 Å². The standard InChI is InChI=1S/C19H21N3.C16H14N4/c1-3-4-13-20-19-16-7-5-6-8-17(16)21-18(22-19)15-11-9-14(2)10-12-15;1-2-4-14-13(3-1)16(18-12-5-6-12)20-15(19-14)11-7-9-17-10-8-11/h5-12H,3-4,13H2,1-2H3,(H,20,21,22);1-4,7-10,12H,5-6H2,(H,18,19,20). The summed E-state index contributed by atoms with van der Waals surface area (Å²) in [5, 5.41) is 9.12. The fourth-order valence-corrected chi connectivity index (χ4v) is 4.66. The second-order valence-corrected chi connectivity index (χ2v) is 10.6. The molecule has 1 saturated carbocycles. The van der Waals surface area contributed by atoms with Crippen LogP contribution in [0.3, 0.4) is 0 Å². The zero-order valence-electron chi connectivity index (χ0n) is 24.1. The molecule has 0 atom stereocenters. The molecule has 0 spiro atoms. The number of rotatable bonds is 8. The van der Waals surface area contributed by atoms with E-state index in [1.807, 2.05) is 48.5 Å². The number of unbranched alkanes of at least 4 members (excludes halogenated alkanes) is 1. The first kappa shape index (κ1) is 27.3. The maximum atomic E-state index is 4.75. The number of nitrogens with one attached hydrogen (secondary N) is 2. The molecule has 0 bridgehead atoms. The van der Waals surface area contributed by atoms with Gasteiger partial charge in [-0.15, -0.1) is 0 Å². The summed E-state index contributed by atoms with van der Waals surface area (Å²) in [4.78, 5) is 22.9. The Labute approximate surface area is 246 Å². The SMILES string of the molecule is CCCCNc1nc(-c2ccc(C)cc2)nc2ccccc12.c1ccc2c(NC3CC3)nc(-c3ccncc3)nc2c1. The van der Waals surface area contributed by atoms with Gasteiger partial charge in [0, 0.05) is 46.9 Å². The van der Waals surface area contributed by atoms with E-state index in [4.69, 9.17) is 15.0 Å². The van der Waals surface area contributed by atoms with Gasteiger partial charge in [-0.1, -0.05) is 67.4 Å². The molecule has 7 heteroatoms. The molecule has 1 fully saturated rings. The monoisotopic (exact) mass is 553 g/mol. The smallest absolute Gasteiger partial charge is 0.162 e. The summed E-state index contributed by atoms with van der Waals surface area (Å²) >= 11 is 0. The minimum Gasteiger partial charge on any atom is -0.369 e. The van der Waals surface area contributed by atoms with Gasteiger partial charge in [-0.25, -0.2) is 19.9 Å². The molecule has 7 nitrogen and oxygen atoms in total. The van der Waals surface area contributed by atoms with E-state index >= 15 is 0 Å². The van der Waals surface area contributed by atoms with Crippen molar-refractivity contribution in [3.8, 4) is 22.8 Å². The number of hydrogen-bond donors (Lipinski definition) is 2. The largest absolute Gasteiger partial charge is 0.369 e. The molecule has 0 unspecified atom stereocenters. The van der Waals surface area contributed by atoms with Crippen LogP contribution in [0.15, 0.2) is 97.3 Å². The lowest BCUT2D eigenvalue weighted by Gasteiger charge is -2.10. The fraction of sp³-hybridized carbons (Fsp3) is 0.229. The molecule has 7 rings (SSSR count). The molecule has 0 aliphatic heterocycles. The van der Waals surface area contributed by atoms with Crippen LogP contribution in [0.1, 0.15) is 38.2 Å². The van der Waals surface area contributed by atoms with Crippen molar-refractivity contribution < 1.29 is 0 Å². The number of anilines is 2. The van der Waals surface area contributed by atoms with E-state index in [0.29, 0.717) is 6.04 Å². The van der Waals surface area contributed by atoms with E-state index in [2.05, 4.69) is 70.8 Å². The molecule has 3 heterocycles. The van der Waals surface area contributed by atoms with Crippen molar-refractivity contribution in [3.05, 3.63) is 103 Å². The number of aromatic nitrogens is 5. The highest BCUT2D eigenvalue weighted by molar-refractivity contribution is 5.91. The molecule has 0 radical (unpaired) electrons. The first-order valence-corrected chi connectivity index (χ1v) is 14.7. The van der Waals surface area contributed by atoms with Gasteiger partial charge in [0.15, 0.2) is 11.6 Å². The Morgan fingerprint density at radius 1 is 0.667 bits per heavy atom. The summed E-state index contributed by atoms with van der Waals surface area (Å²) in [6.45, 7) is 5.21. The topological polar surface area (TPSA) is 88.5 Å². The Balaban J connectivity index is 0.000000151. The molecule has 1 aliphatic carbocycles. The third-order valence-electron chi connectivity index (χ3n) is 7.20. The molecule has 0 saturated heterocycles. The second-order valence-electron chi connectivity index (χ2n) is 10.6. The second kappa shape index (κ2) is 12.7. The number of hydrogen-bond acceptors (Lipinski definition) is 7. The van der Waals surface area contributed by atoms with Crippen LogP contribution in [0.4, 0.5) is 11.6 Å². The Hall–Kier alpha value is -4.91. The molecular weight excluding hydrogens is 518 g/mol. The van der Waals surface area contributed by atoms with E-state index in [9.17, 15) is 0 Å². The lowest BCUT2D eigenvalue weighted by Crippen LogP contribution is -2.05. The number of aryl methyl sites for hydroxylation is 1. The molecular formula is C35H35N7. The molecule has 1 aliphatic rings. The highest BCUT2D eigenvalue weighted by atomic mass is 15.1. The molecule has 3 aromatic heterocycles. The molecule has 6 aromatic rings. The minimum absolute atomic E-state index is 0.568. The first-order chi connectivity index (χ1) is 20.7. The number of fused-ring (bicyclic) bond motifs is 2. The van der Waals surface area contributed by atoms with Gasteiger partial charge in [0.2, 0.25) is 0 Å². The van der Waals surface area contributed by atoms with Crippen LogP contribution in [-0.4, -0.2) is 37.5 Å². The number of pyridine rings is 1. The van der Waals surface area contributed by atoms with Crippen LogP contribution in [0, 0.1) is 6.92 Å². The Morgan fingerprint density at radius 3 is 1.86 bits per heavy atom. The fourth-order valence-electron chi connectivity index (χ4n) is 4.66. The minimum atomic E-state index is 0.568. The third-order valence-corrected chi connectivity index (χ3v) is 7.20. The average molecular weight is 554 g/mol. The third kappa shape index (κ3) is 6.52. The van der Waals surface area contributed by atoms with Gasteiger partial charge in [-0.2, -0.15) is 0 Å². The first-order valence-electron chi connectivity index (χ1n) is 14.7.